The molecular weight excluding hydrogens is 282 g/mol. The highest BCUT2D eigenvalue weighted by Crippen LogP contribution is 2.22. The van der Waals surface area contributed by atoms with Gasteiger partial charge in [0, 0.05) is 46.9 Å². The first kappa shape index (κ1) is 16.2. The average Bonchev–Trinajstić information content (AvgIpc) is 2.94. The van der Waals surface area contributed by atoms with Gasteiger partial charge in [-0.15, -0.1) is 0 Å². The number of anilines is 1. The van der Waals surface area contributed by atoms with Gasteiger partial charge >= 0.3 is 0 Å². The van der Waals surface area contributed by atoms with Crippen LogP contribution in [-0.4, -0.2) is 60.9 Å². The lowest BCUT2D eigenvalue weighted by Crippen LogP contribution is -2.30. The Labute approximate surface area is 130 Å². The van der Waals surface area contributed by atoms with Crippen LogP contribution in [0.15, 0.2) is 6.20 Å². The highest BCUT2D eigenvalue weighted by Gasteiger charge is 2.29. The van der Waals surface area contributed by atoms with E-state index in [9.17, 15) is 9.59 Å². The van der Waals surface area contributed by atoms with Crippen LogP contribution in [0.25, 0.3) is 0 Å². The highest BCUT2D eigenvalue weighted by atomic mass is 16.2. The minimum absolute atomic E-state index is 0.0224. The Bertz CT molecular complexity index is 573. The summed E-state index contributed by atoms with van der Waals surface area (Å²) in [6, 6.07) is 0. The highest BCUT2D eigenvalue weighted by molar-refractivity contribution is 5.95. The number of aryl methyl sites for hydroxylation is 1. The Balaban J connectivity index is 2.05. The lowest BCUT2D eigenvalue weighted by Gasteiger charge is -2.18. The molecule has 0 spiro atoms. The van der Waals surface area contributed by atoms with Crippen molar-refractivity contribution in [2.24, 2.45) is 5.92 Å². The summed E-state index contributed by atoms with van der Waals surface area (Å²) in [6.07, 6.45) is 2.91. The van der Waals surface area contributed by atoms with Crippen molar-refractivity contribution in [2.75, 3.05) is 39.1 Å². The number of carbonyl (C=O) groups excluding carboxylic acids is 2. The molecule has 1 fully saturated rings. The number of aromatic nitrogens is 2. The first-order chi connectivity index (χ1) is 10.4. The quantitative estimate of drug-likeness (QED) is 0.874. The lowest BCUT2D eigenvalue weighted by molar-refractivity contribution is -0.121. The summed E-state index contributed by atoms with van der Waals surface area (Å²) in [4.78, 5) is 36.2. The van der Waals surface area contributed by atoms with Gasteiger partial charge in [0.1, 0.15) is 0 Å². The van der Waals surface area contributed by atoms with E-state index < -0.39 is 0 Å². The maximum Gasteiger partial charge on any atom is 0.257 e. The Morgan fingerprint density at radius 2 is 2.18 bits per heavy atom. The number of likely N-dealkylation sites (tertiary alicyclic amines) is 1. The van der Waals surface area contributed by atoms with Crippen molar-refractivity contribution in [1.29, 1.82) is 0 Å². The van der Waals surface area contributed by atoms with Gasteiger partial charge in [0.15, 0.2) is 0 Å². The van der Waals surface area contributed by atoms with Crippen molar-refractivity contribution < 1.29 is 9.59 Å². The van der Waals surface area contributed by atoms with Gasteiger partial charge in [0.05, 0.1) is 11.3 Å². The Morgan fingerprint density at radius 1 is 1.45 bits per heavy atom. The van der Waals surface area contributed by atoms with Crippen LogP contribution in [-0.2, 0) is 4.79 Å². The summed E-state index contributed by atoms with van der Waals surface area (Å²) in [5.41, 5.74) is 1.21. The fourth-order valence-corrected chi connectivity index (χ4v) is 2.60. The average molecular weight is 305 g/mol. The lowest BCUT2D eigenvalue weighted by atomic mass is 10.0. The van der Waals surface area contributed by atoms with Gasteiger partial charge in [-0.1, -0.05) is 0 Å². The second-order valence-electron chi connectivity index (χ2n) is 5.85. The second kappa shape index (κ2) is 6.72. The number of carbonyl (C=O) groups is 2. The molecule has 1 aliphatic rings. The van der Waals surface area contributed by atoms with Crippen LogP contribution in [0.5, 0.6) is 0 Å². The molecule has 0 radical (unpaired) electrons. The molecule has 2 rings (SSSR count). The monoisotopic (exact) mass is 305 g/mol. The van der Waals surface area contributed by atoms with Crippen molar-refractivity contribution in [2.45, 2.75) is 19.8 Å². The molecule has 0 saturated carbocycles. The molecule has 1 atom stereocenters. The summed E-state index contributed by atoms with van der Waals surface area (Å²) in [6.45, 7) is 3.11. The third-order valence-electron chi connectivity index (χ3n) is 3.92. The van der Waals surface area contributed by atoms with Gasteiger partial charge in [-0.2, -0.15) is 0 Å². The van der Waals surface area contributed by atoms with Gasteiger partial charge in [-0.3, -0.25) is 9.59 Å². The topological polar surface area (TPSA) is 78.4 Å². The van der Waals surface area contributed by atoms with Crippen molar-refractivity contribution in [3.05, 3.63) is 17.5 Å². The van der Waals surface area contributed by atoms with Crippen molar-refractivity contribution in [3.63, 3.8) is 0 Å². The summed E-state index contributed by atoms with van der Waals surface area (Å²) in [7, 11) is 5.35. The Morgan fingerprint density at radius 3 is 2.77 bits per heavy atom. The standard InChI is InChI=1S/C15H23N5O2/c1-10-12(8-17-15(18-10)19(3)4)14(22)20-6-5-11(9-20)7-13(21)16-2/h8,11H,5-7,9H2,1-4H3,(H,16,21). The number of nitrogens with zero attached hydrogens (tertiary/aromatic N) is 4. The van der Waals surface area contributed by atoms with E-state index in [1.807, 2.05) is 21.0 Å². The zero-order valence-corrected chi connectivity index (χ0v) is 13.6. The number of hydrogen-bond acceptors (Lipinski definition) is 5. The van der Waals surface area contributed by atoms with Crippen LogP contribution >= 0.6 is 0 Å². The van der Waals surface area contributed by atoms with Gasteiger partial charge in [-0.25, -0.2) is 9.97 Å². The van der Waals surface area contributed by atoms with Gasteiger partial charge in [-0.05, 0) is 19.3 Å². The Hall–Kier alpha value is -2.18. The second-order valence-corrected chi connectivity index (χ2v) is 5.85. The van der Waals surface area contributed by atoms with E-state index in [-0.39, 0.29) is 17.7 Å². The molecule has 1 unspecified atom stereocenters. The molecule has 0 bridgehead atoms. The van der Waals surface area contributed by atoms with Gasteiger partial charge in [0.25, 0.3) is 5.91 Å². The van der Waals surface area contributed by atoms with Crippen LogP contribution in [0.4, 0.5) is 5.95 Å². The van der Waals surface area contributed by atoms with Crippen molar-refractivity contribution in [3.8, 4) is 0 Å². The molecule has 22 heavy (non-hydrogen) atoms. The van der Waals surface area contributed by atoms with E-state index in [0.717, 1.165) is 6.42 Å². The largest absolute Gasteiger partial charge is 0.359 e. The molecule has 2 heterocycles. The molecule has 1 N–H and O–H groups in total. The molecule has 1 aromatic rings. The fraction of sp³-hybridized carbons (Fsp3) is 0.600. The van der Waals surface area contributed by atoms with Crippen molar-refractivity contribution in [1.82, 2.24) is 20.2 Å². The fourth-order valence-electron chi connectivity index (χ4n) is 2.60. The van der Waals surface area contributed by atoms with E-state index >= 15 is 0 Å². The number of amides is 2. The SMILES string of the molecule is CNC(=O)CC1CCN(C(=O)c2cnc(N(C)C)nc2C)C1. The molecule has 0 aliphatic carbocycles. The molecule has 7 nitrogen and oxygen atoms in total. The molecular formula is C15H23N5O2. The summed E-state index contributed by atoms with van der Waals surface area (Å²) in [5.74, 6) is 0.787. The van der Waals surface area contributed by atoms with E-state index in [4.69, 9.17) is 0 Å². The third-order valence-corrected chi connectivity index (χ3v) is 3.92. The minimum Gasteiger partial charge on any atom is -0.359 e. The molecule has 7 heteroatoms. The zero-order chi connectivity index (χ0) is 16.3. The normalized spacial score (nSPS) is 17.5. The molecule has 1 aliphatic heterocycles. The molecule has 1 saturated heterocycles. The molecule has 2 amide bonds. The van der Waals surface area contributed by atoms with Gasteiger partial charge in [0.2, 0.25) is 11.9 Å². The van der Waals surface area contributed by atoms with Crippen LogP contribution in [0, 0.1) is 12.8 Å². The van der Waals surface area contributed by atoms with Crippen LogP contribution < -0.4 is 10.2 Å². The number of nitrogens with one attached hydrogen (secondary N) is 1. The number of hydrogen-bond donors (Lipinski definition) is 1. The predicted molar refractivity (Wildman–Crippen MR) is 83.8 cm³/mol. The Kier molecular flexibility index (Phi) is 4.95. The first-order valence-electron chi connectivity index (χ1n) is 7.43. The molecule has 0 aromatic carbocycles. The van der Waals surface area contributed by atoms with Crippen LogP contribution in [0.2, 0.25) is 0 Å². The predicted octanol–water partition coefficient (Wildman–Crippen LogP) is 0.449. The summed E-state index contributed by atoms with van der Waals surface area (Å²) >= 11 is 0. The summed E-state index contributed by atoms with van der Waals surface area (Å²) < 4.78 is 0. The maximum absolute atomic E-state index is 12.6. The van der Waals surface area contributed by atoms with E-state index in [1.54, 1.807) is 23.0 Å². The minimum atomic E-state index is -0.0535. The molecule has 120 valence electrons. The van der Waals surface area contributed by atoms with Crippen molar-refractivity contribution >= 4 is 17.8 Å². The van der Waals surface area contributed by atoms with Crippen LogP contribution in [0.1, 0.15) is 28.9 Å². The van der Waals surface area contributed by atoms with Crippen LogP contribution in [0.3, 0.4) is 0 Å². The first-order valence-corrected chi connectivity index (χ1v) is 7.43. The summed E-state index contributed by atoms with van der Waals surface area (Å²) in [5, 5.41) is 2.63. The smallest absolute Gasteiger partial charge is 0.257 e. The molecule has 1 aromatic heterocycles. The van der Waals surface area contributed by atoms with E-state index in [1.165, 1.54) is 0 Å². The van der Waals surface area contributed by atoms with E-state index in [0.29, 0.717) is 36.7 Å². The third kappa shape index (κ3) is 3.52. The maximum atomic E-state index is 12.6. The number of rotatable bonds is 4. The van der Waals surface area contributed by atoms with Gasteiger partial charge < -0.3 is 15.1 Å². The van der Waals surface area contributed by atoms with E-state index in [2.05, 4.69) is 15.3 Å². The zero-order valence-electron chi connectivity index (χ0n) is 13.6.